The van der Waals surface area contributed by atoms with Gasteiger partial charge in [0, 0.05) is 0 Å². The first-order valence-corrected chi connectivity index (χ1v) is 6.86. The highest BCUT2D eigenvalue weighted by Crippen LogP contribution is 2.39. The maximum atomic E-state index is 13.2. The van der Waals surface area contributed by atoms with E-state index in [4.69, 9.17) is 5.11 Å². The first-order chi connectivity index (χ1) is 11.9. The van der Waals surface area contributed by atoms with Gasteiger partial charge in [-0.1, -0.05) is 18.2 Å². The molecule has 0 saturated heterocycles. The molecule has 2 aromatic carbocycles. The first-order valence-electron chi connectivity index (χ1n) is 6.86. The molecule has 2 aromatic rings. The Morgan fingerprint density at radius 1 is 1.00 bits per heavy atom. The number of alkyl halides is 6. The molecule has 0 aromatic heterocycles. The van der Waals surface area contributed by atoms with Gasteiger partial charge in [-0.3, -0.25) is 0 Å². The van der Waals surface area contributed by atoms with Gasteiger partial charge < -0.3 is 14.9 Å². The Morgan fingerprint density at radius 3 is 2.19 bits per heavy atom. The van der Waals surface area contributed by atoms with Gasteiger partial charge in [0.1, 0.15) is 5.75 Å². The SMILES string of the molecule is O=C(O)C(O)c1ccc(C(F)(F)F)c(-c2cccc(OC(F)(F)F)c2)c1. The molecule has 1 unspecified atom stereocenters. The van der Waals surface area contributed by atoms with Crippen LogP contribution in [0.5, 0.6) is 5.75 Å². The zero-order chi connectivity index (χ0) is 19.7. The van der Waals surface area contributed by atoms with E-state index in [-0.39, 0.29) is 11.1 Å². The lowest BCUT2D eigenvalue weighted by molar-refractivity contribution is -0.274. The largest absolute Gasteiger partial charge is 0.573 e. The third kappa shape index (κ3) is 4.66. The van der Waals surface area contributed by atoms with E-state index >= 15 is 0 Å². The van der Waals surface area contributed by atoms with E-state index in [0.29, 0.717) is 6.07 Å². The van der Waals surface area contributed by atoms with E-state index in [0.717, 1.165) is 36.4 Å². The number of aliphatic hydroxyl groups is 1. The summed E-state index contributed by atoms with van der Waals surface area (Å²) in [7, 11) is 0. The molecule has 0 spiro atoms. The van der Waals surface area contributed by atoms with Crippen molar-refractivity contribution in [3.8, 4) is 16.9 Å². The van der Waals surface area contributed by atoms with Gasteiger partial charge in [0.15, 0.2) is 6.10 Å². The quantitative estimate of drug-likeness (QED) is 0.773. The fourth-order valence-electron chi connectivity index (χ4n) is 2.22. The fourth-order valence-corrected chi connectivity index (χ4v) is 2.22. The Balaban J connectivity index is 2.60. The number of aliphatic hydroxyl groups excluding tert-OH is 1. The number of rotatable bonds is 4. The number of ether oxygens (including phenoxy) is 1. The molecule has 26 heavy (non-hydrogen) atoms. The monoisotopic (exact) mass is 380 g/mol. The van der Waals surface area contributed by atoms with Crippen molar-refractivity contribution in [2.75, 3.05) is 0 Å². The van der Waals surface area contributed by atoms with Gasteiger partial charge in [0.2, 0.25) is 0 Å². The summed E-state index contributed by atoms with van der Waals surface area (Å²) in [5.41, 5.74) is -2.45. The van der Waals surface area contributed by atoms with Gasteiger partial charge in [-0.15, -0.1) is 13.2 Å². The molecule has 4 nitrogen and oxygen atoms in total. The van der Waals surface area contributed by atoms with Crippen molar-refractivity contribution < 1.29 is 46.1 Å². The lowest BCUT2D eigenvalue weighted by Crippen LogP contribution is -2.17. The summed E-state index contributed by atoms with van der Waals surface area (Å²) >= 11 is 0. The lowest BCUT2D eigenvalue weighted by Gasteiger charge is -2.17. The average molecular weight is 380 g/mol. The van der Waals surface area contributed by atoms with Crippen molar-refractivity contribution in [2.24, 2.45) is 0 Å². The van der Waals surface area contributed by atoms with Gasteiger partial charge in [-0.2, -0.15) is 13.2 Å². The van der Waals surface area contributed by atoms with E-state index in [1.807, 2.05) is 0 Å². The van der Waals surface area contributed by atoms with Crippen LogP contribution < -0.4 is 4.74 Å². The molecule has 10 heteroatoms. The van der Waals surface area contributed by atoms with Crippen molar-refractivity contribution in [2.45, 2.75) is 18.6 Å². The van der Waals surface area contributed by atoms with Crippen LogP contribution in [0.1, 0.15) is 17.2 Å². The third-order valence-electron chi connectivity index (χ3n) is 3.28. The number of carboxylic acids is 1. The smallest absolute Gasteiger partial charge is 0.479 e. The normalized spacial score (nSPS) is 13.3. The molecule has 0 saturated carbocycles. The molecule has 0 fully saturated rings. The van der Waals surface area contributed by atoms with Crippen molar-refractivity contribution in [3.63, 3.8) is 0 Å². The Labute approximate surface area is 142 Å². The minimum absolute atomic E-state index is 0.293. The van der Waals surface area contributed by atoms with E-state index in [1.54, 1.807) is 0 Å². The Hall–Kier alpha value is -2.75. The Bertz CT molecular complexity index is 813. The predicted molar refractivity (Wildman–Crippen MR) is 76.2 cm³/mol. The van der Waals surface area contributed by atoms with E-state index in [1.165, 1.54) is 0 Å². The molecule has 0 amide bonds. The summed E-state index contributed by atoms with van der Waals surface area (Å²) in [5, 5.41) is 18.3. The first kappa shape index (κ1) is 19.6. The van der Waals surface area contributed by atoms with Crippen LogP contribution in [0.4, 0.5) is 26.3 Å². The number of hydrogen-bond donors (Lipinski definition) is 2. The van der Waals surface area contributed by atoms with Crippen LogP contribution in [-0.4, -0.2) is 22.5 Å². The van der Waals surface area contributed by atoms with Gasteiger partial charge >= 0.3 is 18.5 Å². The Morgan fingerprint density at radius 2 is 1.65 bits per heavy atom. The van der Waals surface area contributed by atoms with E-state index in [2.05, 4.69) is 4.74 Å². The second-order valence-corrected chi connectivity index (χ2v) is 5.12. The van der Waals surface area contributed by atoms with E-state index in [9.17, 15) is 36.2 Å². The standard InChI is InChI=1S/C16H10F6O4/c17-15(18,19)12-5-4-9(13(23)14(24)25)7-11(12)8-2-1-3-10(6-8)26-16(20,21)22/h1-7,13,23H,(H,24,25). The van der Waals surface area contributed by atoms with Crippen molar-refractivity contribution >= 4 is 5.97 Å². The van der Waals surface area contributed by atoms with Crippen molar-refractivity contribution in [1.29, 1.82) is 0 Å². The number of carbonyl (C=O) groups is 1. The van der Waals surface area contributed by atoms with Crippen LogP contribution in [0.3, 0.4) is 0 Å². The zero-order valence-corrected chi connectivity index (χ0v) is 12.6. The predicted octanol–water partition coefficient (Wildman–Crippen LogP) is 4.39. The van der Waals surface area contributed by atoms with Crippen LogP contribution in [0.25, 0.3) is 11.1 Å². The van der Waals surface area contributed by atoms with Gasteiger partial charge in [-0.25, -0.2) is 4.79 Å². The maximum absolute atomic E-state index is 13.2. The molecule has 0 aliphatic heterocycles. The van der Waals surface area contributed by atoms with Crippen molar-refractivity contribution in [3.05, 3.63) is 53.6 Å². The highest BCUT2D eigenvalue weighted by atomic mass is 19.4. The van der Waals surface area contributed by atoms with Crippen LogP contribution in [0, 0.1) is 0 Å². The van der Waals surface area contributed by atoms with Gasteiger partial charge in [-0.05, 0) is 41.0 Å². The zero-order valence-electron chi connectivity index (χ0n) is 12.6. The summed E-state index contributed by atoms with van der Waals surface area (Å²) in [6.07, 6.45) is -12.0. The molecule has 0 aliphatic rings. The van der Waals surface area contributed by atoms with Crippen LogP contribution in [-0.2, 0) is 11.0 Å². The molecule has 0 heterocycles. The minimum Gasteiger partial charge on any atom is -0.479 e. The number of hydrogen-bond acceptors (Lipinski definition) is 3. The van der Waals surface area contributed by atoms with Crippen LogP contribution in [0.2, 0.25) is 0 Å². The molecule has 0 bridgehead atoms. The summed E-state index contributed by atoms with van der Waals surface area (Å²) < 4.78 is 80.2. The molecular weight excluding hydrogens is 370 g/mol. The molecule has 0 radical (unpaired) electrons. The highest BCUT2D eigenvalue weighted by Gasteiger charge is 2.35. The third-order valence-corrected chi connectivity index (χ3v) is 3.28. The highest BCUT2D eigenvalue weighted by molar-refractivity contribution is 5.76. The van der Waals surface area contributed by atoms with Crippen LogP contribution in [0.15, 0.2) is 42.5 Å². The second-order valence-electron chi connectivity index (χ2n) is 5.12. The Kier molecular flexibility index (Phi) is 5.17. The number of carboxylic acid groups (broad SMARTS) is 1. The summed E-state index contributed by atoms with van der Waals surface area (Å²) in [6, 6.07) is 5.88. The second kappa shape index (κ2) is 6.87. The molecule has 0 aliphatic carbocycles. The lowest BCUT2D eigenvalue weighted by atomic mass is 9.95. The summed E-state index contributed by atoms with van der Waals surface area (Å²) in [4.78, 5) is 10.8. The van der Waals surface area contributed by atoms with Gasteiger partial charge in [0.05, 0.1) is 5.56 Å². The summed E-state index contributed by atoms with van der Waals surface area (Å²) in [6.45, 7) is 0. The number of benzene rings is 2. The maximum Gasteiger partial charge on any atom is 0.573 e. The molecule has 140 valence electrons. The number of halogens is 6. The summed E-state index contributed by atoms with van der Waals surface area (Å²) in [5.74, 6) is -2.43. The van der Waals surface area contributed by atoms with Crippen molar-refractivity contribution in [1.82, 2.24) is 0 Å². The average Bonchev–Trinajstić information content (AvgIpc) is 2.51. The molecular formula is C16H10F6O4. The molecule has 1 atom stereocenters. The molecule has 2 N–H and O–H groups in total. The van der Waals surface area contributed by atoms with E-state index < -0.39 is 41.5 Å². The topological polar surface area (TPSA) is 66.8 Å². The molecule has 2 rings (SSSR count). The van der Waals surface area contributed by atoms with Crippen LogP contribution >= 0.6 is 0 Å². The number of aliphatic carboxylic acids is 1. The fraction of sp³-hybridized carbons (Fsp3) is 0.188. The van der Waals surface area contributed by atoms with Gasteiger partial charge in [0.25, 0.3) is 0 Å². The minimum atomic E-state index is -5.03.